The molecule has 1 aromatic heterocycles. The third-order valence-electron chi connectivity index (χ3n) is 2.73. The van der Waals surface area contributed by atoms with Gasteiger partial charge in [-0.25, -0.2) is 0 Å². The maximum Gasteiger partial charge on any atom is 0.417 e. The number of alkyl halides is 3. The van der Waals surface area contributed by atoms with E-state index in [1.54, 1.807) is 7.05 Å². The molecule has 0 spiro atoms. The Morgan fingerprint density at radius 3 is 2.50 bits per heavy atom. The van der Waals surface area contributed by atoms with Crippen LogP contribution in [0.15, 0.2) is 30.5 Å². The minimum absolute atomic E-state index is 0.0298. The van der Waals surface area contributed by atoms with Crippen LogP contribution in [-0.4, -0.2) is 14.9 Å². The molecule has 0 saturated heterocycles. The molecular weight excluding hydrogens is 245 g/mol. The molecule has 1 N–H and O–H groups in total. The van der Waals surface area contributed by atoms with E-state index < -0.39 is 11.7 Å². The van der Waals surface area contributed by atoms with Crippen LogP contribution in [0.25, 0.3) is 11.1 Å². The lowest BCUT2D eigenvalue weighted by molar-refractivity contribution is -0.137. The normalized spacial score (nSPS) is 11.8. The summed E-state index contributed by atoms with van der Waals surface area (Å²) in [6.45, 7) is -0.363. The van der Waals surface area contributed by atoms with Gasteiger partial charge in [0, 0.05) is 12.6 Å². The van der Waals surface area contributed by atoms with Crippen molar-refractivity contribution in [3.8, 4) is 11.1 Å². The first-order valence-corrected chi connectivity index (χ1v) is 5.23. The Kier molecular flexibility index (Phi) is 3.13. The van der Waals surface area contributed by atoms with E-state index >= 15 is 0 Å². The van der Waals surface area contributed by atoms with Gasteiger partial charge in [-0.2, -0.15) is 18.3 Å². The second-order valence-electron chi connectivity index (χ2n) is 3.83. The Bertz CT molecular complexity index is 561. The molecule has 0 aliphatic rings. The predicted molar refractivity (Wildman–Crippen MR) is 59.6 cm³/mol. The number of halogens is 3. The number of rotatable bonds is 2. The van der Waals surface area contributed by atoms with Gasteiger partial charge in [-0.05, 0) is 11.6 Å². The third kappa shape index (κ3) is 2.11. The summed E-state index contributed by atoms with van der Waals surface area (Å²) in [7, 11) is 1.57. The molecule has 3 nitrogen and oxygen atoms in total. The average Bonchev–Trinajstić information content (AvgIpc) is 2.69. The van der Waals surface area contributed by atoms with Crippen LogP contribution in [0.5, 0.6) is 0 Å². The Morgan fingerprint density at radius 1 is 1.22 bits per heavy atom. The molecule has 2 aromatic rings. The van der Waals surface area contributed by atoms with Gasteiger partial charge in [0.05, 0.1) is 24.1 Å². The zero-order valence-corrected chi connectivity index (χ0v) is 9.57. The van der Waals surface area contributed by atoms with Crippen LogP contribution in [0, 0.1) is 0 Å². The van der Waals surface area contributed by atoms with Crippen molar-refractivity contribution < 1.29 is 18.3 Å². The SMILES string of the molecule is Cn1ncc(-c2ccccc2C(F)(F)F)c1CO. The molecule has 0 unspecified atom stereocenters. The van der Waals surface area contributed by atoms with E-state index in [9.17, 15) is 18.3 Å². The highest BCUT2D eigenvalue weighted by atomic mass is 19.4. The molecule has 0 fully saturated rings. The lowest BCUT2D eigenvalue weighted by Gasteiger charge is -2.12. The summed E-state index contributed by atoms with van der Waals surface area (Å²) in [5.74, 6) is 0. The summed E-state index contributed by atoms with van der Waals surface area (Å²) in [5, 5.41) is 13.1. The Labute approximate surface area is 101 Å². The van der Waals surface area contributed by atoms with E-state index in [0.717, 1.165) is 6.07 Å². The first-order valence-electron chi connectivity index (χ1n) is 5.23. The number of aliphatic hydroxyl groups excluding tert-OH is 1. The summed E-state index contributed by atoms with van der Waals surface area (Å²) >= 11 is 0. The van der Waals surface area contributed by atoms with Gasteiger partial charge in [0.1, 0.15) is 0 Å². The molecule has 18 heavy (non-hydrogen) atoms. The zero-order valence-electron chi connectivity index (χ0n) is 9.57. The predicted octanol–water partition coefficient (Wildman–Crippen LogP) is 2.60. The summed E-state index contributed by atoms with van der Waals surface area (Å²) in [5.41, 5.74) is -0.0468. The van der Waals surface area contributed by atoms with E-state index in [-0.39, 0.29) is 12.2 Å². The van der Waals surface area contributed by atoms with E-state index in [1.165, 1.54) is 29.1 Å². The van der Waals surface area contributed by atoms with Crippen LogP contribution in [0.2, 0.25) is 0 Å². The second kappa shape index (κ2) is 4.45. The highest BCUT2D eigenvalue weighted by molar-refractivity contribution is 5.69. The van der Waals surface area contributed by atoms with Crippen molar-refractivity contribution in [1.82, 2.24) is 9.78 Å². The standard InChI is InChI=1S/C12H11F3N2O/c1-17-11(7-18)9(6-16-17)8-4-2-3-5-10(8)12(13,14)15/h2-6,18H,7H2,1H3. The first-order chi connectivity index (χ1) is 8.45. The molecule has 1 aromatic carbocycles. The van der Waals surface area contributed by atoms with Crippen LogP contribution in [-0.2, 0) is 19.8 Å². The minimum Gasteiger partial charge on any atom is -0.390 e. The van der Waals surface area contributed by atoms with Gasteiger partial charge in [0.2, 0.25) is 0 Å². The highest BCUT2D eigenvalue weighted by Gasteiger charge is 2.34. The second-order valence-corrected chi connectivity index (χ2v) is 3.83. The zero-order chi connectivity index (χ0) is 13.3. The van der Waals surface area contributed by atoms with Crippen LogP contribution in [0.3, 0.4) is 0 Å². The molecule has 96 valence electrons. The number of benzene rings is 1. The van der Waals surface area contributed by atoms with Gasteiger partial charge in [-0.15, -0.1) is 0 Å². The van der Waals surface area contributed by atoms with E-state index in [1.807, 2.05) is 0 Å². The molecule has 0 radical (unpaired) electrons. The molecule has 2 rings (SSSR count). The fourth-order valence-corrected chi connectivity index (χ4v) is 1.84. The summed E-state index contributed by atoms with van der Waals surface area (Å²) in [6, 6.07) is 5.25. The van der Waals surface area contributed by atoms with Crippen LogP contribution in [0.4, 0.5) is 13.2 Å². The van der Waals surface area contributed by atoms with Crippen molar-refractivity contribution in [2.75, 3.05) is 0 Å². The number of aryl methyl sites for hydroxylation is 1. The van der Waals surface area contributed by atoms with Crippen LogP contribution < -0.4 is 0 Å². The van der Waals surface area contributed by atoms with Crippen molar-refractivity contribution in [2.45, 2.75) is 12.8 Å². The van der Waals surface area contributed by atoms with Crippen LogP contribution >= 0.6 is 0 Å². The van der Waals surface area contributed by atoms with Crippen molar-refractivity contribution in [3.05, 3.63) is 41.7 Å². The van der Waals surface area contributed by atoms with E-state index in [2.05, 4.69) is 5.10 Å². The van der Waals surface area contributed by atoms with Crippen molar-refractivity contribution >= 4 is 0 Å². The van der Waals surface area contributed by atoms with Crippen LogP contribution in [0.1, 0.15) is 11.3 Å². The summed E-state index contributed by atoms with van der Waals surface area (Å²) in [4.78, 5) is 0. The number of aliphatic hydroxyl groups is 1. The molecule has 0 aliphatic heterocycles. The maximum absolute atomic E-state index is 12.9. The van der Waals surface area contributed by atoms with Gasteiger partial charge < -0.3 is 5.11 Å². The molecule has 1 heterocycles. The van der Waals surface area contributed by atoms with Crippen molar-refractivity contribution in [3.63, 3.8) is 0 Å². The fraction of sp³-hybridized carbons (Fsp3) is 0.250. The topological polar surface area (TPSA) is 38.0 Å². The lowest BCUT2D eigenvalue weighted by atomic mass is 10.00. The largest absolute Gasteiger partial charge is 0.417 e. The highest BCUT2D eigenvalue weighted by Crippen LogP contribution is 2.37. The molecule has 0 aliphatic carbocycles. The van der Waals surface area contributed by atoms with Gasteiger partial charge in [-0.1, -0.05) is 18.2 Å². The average molecular weight is 256 g/mol. The van der Waals surface area contributed by atoms with Gasteiger partial charge >= 0.3 is 6.18 Å². The van der Waals surface area contributed by atoms with Gasteiger partial charge in [-0.3, -0.25) is 4.68 Å². The smallest absolute Gasteiger partial charge is 0.390 e. The quantitative estimate of drug-likeness (QED) is 0.896. The maximum atomic E-state index is 12.9. The molecule has 0 saturated carbocycles. The lowest BCUT2D eigenvalue weighted by Crippen LogP contribution is -2.07. The molecule has 0 bridgehead atoms. The Balaban J connectivity index is 2.64. The summed E-state index contributed by atoms with van der Waals surface area (Å²) in [6.07, 6.45) is -3.10. The van der Waals surface area contributed by atoms with E-state index in [4.69, 9.17) is 0 Å². The first kappa shape index (κ1) is 12.6. The van der Waals surface area contributed by atoms with E-state index in [0.29, 0.717) is 11.3 Å². The Morgan fingerprint density at radius 2 is 1.89 bits per heavy atom. The number of nitrogens with zero attached hydrogens (tertiary/aromatic N) is 2. The summed E-state index contributed by atoms with van der Waals surface area (Å²) < 4.78 is 40.0. The third-order valence-corrected chi connectivity index (χ3v) is 2.73. The van der Waals surface area contributed by atoms with Crippen molar-refractivity contribution in [2.24, 2.45) is 7.05 Å². The minimum atomic E-state index is -4.43. The molecule has 0 amide bonds. The number of aromatic nitrogens is 2. The molecular formula is C12H11F3N2O. The van der Waals surface area contributed by atoms with Gasteiger partial charge in [0.15, 0.2) is 0 Å². The number of hydrogen-bond donors (Lipinski definition) is 1. The van der Waals surface area contributed by atoms with Crippen molar-refractivity contribution in [1.29, 1.82) is 0 Å². The van der Waals surface area contributed by atoms with Gasteiger partial charge in [0.25, 0.3) is 0 Å². The number of hydrogen-bond acceptors (Lipinski definition) is 2. The fourth-order valence-electron chi connectivity index (χ4n) is 1.84. The molecule has 0 atom stereocenters. The molecule has 6 heteroatoms. The Hall–Kier alpha value is -1.82. The monoisotopic (exact) mass is 256 g/mol.